The van der Waals surface area contributed by atoms with Gasteiger partial charge < -0.3 is 14.2 Å². The van der Waals surface area contributed by atoms with Gasteiger partial charge in [-0.05, 0) is 37.3 Å². The molecule has 2 aromatic heterocycles. The summed E-state index contributed by atoms with van der Waals surface area (Å²) in [5.74, 6) is 2.02. The Morgan fingerprint density at radius 2 is 2.29 bits per heavy atom. The zero-order valence-corrected chi connectivity index (χ0v) is 9.47. The van der Waals surface area contributed by atoms with Crippen LogP contribution in [0.5, 0.6) is 0 Å². The zero-order chi connectivity index (χ0) is 12.1. The summed E-state index contributed by atoms with van der Waals surface area (Å²) in [5.41, 5.74) is 0. The van der Waals surface area contributed by atoms with Crippen LogP contribution >= 0.6 is 0 Å². The van der Waals surface area contributed by atoms with Crippen molar-refractivity contribution in [1.82, 2.24) is 5.32 Å². The minimum Gasteiger partial charge on any atom is -0.467 e. The molecule has 1 N–H and O–H groups in total. The smallest absolute Gasteiger partial charge is 0.244 e. The number of carbonyl (C=O) groups is 1. The van der Waals surface area contributed by atoms with E-state index in [1.807, 2.05) is 19.1 Å². The van der Waals surface area contributed by atoms with E-state index in [-0.39, 0.29) is 5.91 Å². The Balaban J connectivity index is 1.83. The van der Waals surface area contributed by atoms with Crippen molar-refractivity contribution < 1.29 is 13.6 Å². The van der Waals surface area contributed by atoms with Crippen LogP contribution in [0.4, 0.5) is 0 Å². The lowest BCUT2D eigenvalue weighted by Gasteiger charge is -1.97. The minimum atomic E-state index is -0.185. The van der Waals surface area contributed by atoms with E-state index < -0.39 is 0 Å². The summed E-state index contributed by atoms with van der Waals surface area (Å²) in [6.07, 6.45) is 4.63. The van der Waals surface area contributed by atoms with Crippen LogP contribution in [0.25, 0.3) is 6.08 Å². The van der Waals surface area contributed by atoms with Crippen LogP contribution < -0.4 is 5.32 Å². The maximum atomic E-state index is 11.4. The number of furan rings is 2. The molecule has 0 atom stereocenters. The average molecular weight is 231 g/mol. The van der Waals surface area contributed by atoms with E-state index in [9.17, 15) is 4.79 Å². The van der Waals surface area contributed by atoms with Crippen LogP contribution in [-0.2, 0) is 11.3 Å². The van der Waals surface area contributed by atoms with Gasteiger partial charge in [-0.15, -0.1) is 0 Å². The largest absolute Gasteiger partial charge is 0.467 e. The summed E-state index contributed by atoms with van der Waals surface area (Å²) >= 11 is 0. The molecular weight excluding hydrogens is 218 g/mol. The molecule has 1 amide bonds. The van der Waals surface area contributed by atoms with Gasteiger partial charge in [0.05, 0.1) is 12.8 Å². The fourth-order valence-corrected chi connectivity index (χ4v) is 1.35. The van der Waals surface area contributed by atoms with E-state index in [0.29, 0.717) is 12.3 Å². The lowest BCUT2D eigenvalue weighted by Crippen LogP contribution is -2.19. The van der Waals surface area contributed by atoms with Gasteiger partial charge in [0, 0.05) is 6.08 Å². The van der Waals surface area contributed by atoms with E-state index in [4.69, 9.17) is 8.83 Å². The van der Waals surface area contributed by atoms with Gasteiger partial charge in [0.15, 0.2) is 0 Å². The van der Waals surface area contributed by atoms with Crippen LogP contribution in [0.3, 0.4) is 0 Å². The van der Waals surface area contributed by atoms with Gasteiger partial charge in [-0.2, -0.15) is 0 Å². The molecular formula is C13H13NO3. The quantitative estimate of drug-likeness (QED) is 0.822. The summed E-state index contributed by atoms with van der Waals surface area (Å²) in [6, 6.07) is 7.24. The molecule has 0 aliphatic carbocycles. The van der Waals surface area contributed by atoms with Gasteiger partial charge in [0.25, 0.3) is 0 Å². The molecule has 2 aromatic rings. The SMILES string of the molecule is Cc1ccc(/C=C/C(=O)NCc2ccco2)o1. The Labute approximate surface area is 98.9 Å². The van der Waals surface area contributed by atoms with E-state index in [0.717, 1.165) is 11.5 Å². The predicted octanol–water partition coefficient (Wildman–Crippen LogP) is 2.51. The van der Waals surface area contributed by atoms with Crippen LogP contribution in [-0.4, -0.2) is 5.91 Å². The van der Waals surface area contributed by atoms with Gasteiger partial charge in [-0.1, -0.05) is 0 Å². The Bertz CT molecular complexity index is 509. The lowest BCUT2D eigenvalue weighted by atomic mass is 10.3. The van der Waals surface area contributed by atoms with Crippen molar-refractivity contribution in [2.45, 2.75) is 13.5 Å². The topological polar surface area (TPSA) is 55.4 Å². The summed E-state index contributed by atoms with van der Waals surface area (Å²) in [5, 5.41) is 2.70. The normalized spacial score (nSPS) is 10.9. The number of hydrogen-bond donors (Lipinski definition) is 1. The molecule has 0 saturated carbocycles. The highest BCUT2D eigenvalue weighted by molar-refractivity contribution is 5.91. The van der Waals surface area contributed by atoms with Gasteiger partial charge in [0.2, 0.25) is 5.91 Å². The molecule has 0 saturated heterocycles. The first-order valence-electron chi connectivity index (χ1n) is 5.29. The molecule has 0 unspecified atom stereocenters. The minimum absolute atomic E-state index is 0.185. The average Bonchev–Trinajstić information content (AvgIpc) is 2.95. The predicted molar refractivity (Wildman–Crippen MR) is 63.0 cm³/mol. The van der Waals surface area contributed by atoms with Crippen molar-refractivity contribution in [2.75, 3.05) is 0 Å². The Kier molecular flexibility index (Phi) is 3.45. The molecule has 0 aromatic carbocycles. The first-order chi connectivity index (χ1) is 8.24. The molecule has 0 bridgehead atoms. The fraction of sp³-hybridized carbons (Fsp3) is 0.154. The van der Waals surface area contributed by atoms with Crippen LogP contribution in [0.15, 0.2) is 45.4 Å². The van der Waals surface area contributed by atoms with Gasteiger partial charge in [0.1, 0.15) is 17.3 Å². The van der Waals surface area contributed by atoms with Crippen molar-refractivity contribution in [3.05, 3.63) is 53.9 Å². The number of carbonyl (C=O) groups excluding carboxylic acids is 1. The van der Waals surface area contributed by atoms with E-state index in [1.54, 1.807) is 24.5 Å². The molecule has 0 spiro atoms. The Hall–Kier alpha value is -2.23. The third kappa shape index (κ3) is 3.38. The molecule has 4 nitrogen and oxygen atoms in total. The van der Waals surface area contributed by atoms with Crippen LogP contribution in [0.2, 0.25) is 0 Å². The van der Waals surface area contributed by atoms with Crippen molar-refractivity contribution >= 4 is 12.0 Å². The van der Waals surface area contributed by atoms with Crippen molar-refractivity contribution in [3.63, 3.8) is 0 Å². The molecule has 0 aliphatic rings. The van der Waals surface area contributed by atoms with E-state index >= 15 is 0 Å². The van der Waals surface area contributed by atoms with Gasteiger partial charge in [-0.25, -0.2) is 0 Å². The molecule has 88 valence electrons. The molecule has 2 rings (SSSR count). The number of rotatable bonds is 4. The highest BCUT2D eigenvalue weighted by Crippen LogP contribution is 2.07. The van der Waals surface area contributed by atoms with E-state index in [2.05, 4.69) is 5.32 Å². The van der Waals surface area contributed by atoms with Gasteiger partial charge in [-0.3, -0.25) is 4.79 Å². The second-order valence-electron chi connectivity index (χ2n) is 3.58. The summed E-state index contributed by atoms with van der Waals surface area (Å²) in [4.78, 5) is 11.4. The fourth-order valence-electron chi connectivity index (χ4n) is 1.35. The molecule has 4 heteroatoms. The second kappa shape index (κ2) is 5.21. The maximum absolute atomic E-state index is 11.4. The maximum Gasteiger partial charge on any atom is 0.244 e. The number of hydrogen-bond acceptors (Lipinski definition) is 3. The van der Waals surface area contributed by atoms with E-state index in [1.165, 1.54) is 6.08 Å². The highest BCUT2D eigenvalue weighted by Gasteiger charge is 1.99. The number of aryl methyl sites for hydroxylation is 1. The molecule has 0 radical (unpaired) electrons. The monoisotopic (exact) mass is 231 g/mol. The standard InChI is InChI=1S/C13H13NO3/c1-10-4-5-11(17-10)6-7-13(15)14-9-12-3-2-8-16-12/h2-8H,9H2,1H3,(H,14,15)/b7-6+. The Morgan fingerprint density at radius 1 is 1.41 bits per heavy atom. The van der Waals surface area contributed by atoms with Crippen molar-refractivity contribution in [3.8, 4) is 0 Å². The lowest BCUT2D eigenvalue weighted by molar-refractivity contribution is -0.116. The third-order valence-corrected chi connectivity index (χ3v) is 2.18. The summed E-state index contributed by atoms with van der Waals surface area (Å²) < 4.78 is 10.4. The highest BCUT2D eigenvalue weighted by atomic mass is 16.3. The first kappa shape index (κ1) is 11.3. The zero-order valence-electron chi connectivity index (χ0n) is 9.47. The molecule has 0 fully saturated rings. The van der Waals surface area contributed by atoms with Crippen LogP contribution in [0.1, 0.15) is 17.3 Å². The third-order valence-electron chi connectivity index (χ3n) is 2.18. The van der Waals surface area contributed by atoms with Crippen molar-refractivity contribution in [2.24, 2.45) is 0 Å². The van der Waals surface area contributed by atoms with Crippen LogP contribution in [0, 0.1) is 6.92 Å². The molecule has 2 heterocycles. The molecule has 0 aliphatic heterocycles. The number of nitrogens with one attached hydrogen (secondary N) is 1. The Morgan fingerprint density at radius 3 is 2.94 bits per heavy atom. The van der Waals surface area contributed by atoms with Crippen molar-refractivity contribution in [1.29, 1.82) is 0 Å². The van der Waals surface area contributed by atoms with Gasteiger partial charge >= 0.3 is 0 Å². The second-order valence-corrected chi connectivity index (χ2v) is 3.58. The first-order valence-corrected chi connectivity index (χ1v) is 5.29. The molecule has 17 heavy (non-hydrogen) atoms. The summed E-state index contributed by atoms with van der Waals surface area (Å²) in [6.45, 7) is 2.24. The number of amides is 1. The summed E-state index contributed by atoms with van der Waals surface area (Å²) in [7, 11) is 0.